The highest BCUT2D eigenvalue weighted by atomic mass is 32.1. The second kappa shape index (κ2) is 6.29. The van der Waals surface area contributed by atoms with Crippen LogP contribution < -0.4 is 0 Å². The molecular weight excluding hydrogens is 348 g/mol. The van der Waals surface area contributed by atoms with E-state index in [-0.39, 0.29) is 29.7 Å². The van der Waals surface area contributed by atoms with Gasteiger partial charge >= 0.3 is 0 Å². The van der Waals surface area contributed by atoms with Crippen molar-refractivity contribution in [2.45, 2.75) is 13.8 Å². The van der Waals surface area contributed by atoms with Crippen LogP contribution in [-0.4, -0.2) is 9.97 Å². The van der Waals surface area contributed by atoms with Gasteiger partial charge in [-0.1, -0.05) is 41.9 Å². The number of rotatable bonds is 2. The number of hydrogen-bond donors (Lipinski definition) is 0. The molecule has 0 bridgehead atoms. The standard InChI is InChI=1S/C24H18N2S/c1-15-6-5-7-17(12-15)21-13-16(2)25-24(26-21)18-10-11-23-20(14-18)19-8-3-4-9-22(19)27-23/h3-14H,1-2H3/i5D,6D,7D,12D. The van der Waals surface area contributed by atoms with E-state index in [9.17, 15) is 0 Å². The van der Waals surface area contributed by atoms with Gasteiger partial charge in [-0.15, -0.1) is 11.3 Å². The highest BCUT2D eigenvalue weighted by Crippen LogP contribution is 2.36. The van der Waals surface area contributed by atoms with E-state index < -0.39 is 0 Å². The molecule has 0 amide bonds. The Morgan fingerprint density at radius 2 is 1.70 bits per heavy atom. The van der Waals surface area contributed by atoms with Gasteiger partial charge in [-0.3, -0.25) is 0 Å². The van der Waals surface area contributed by atoms with Gasteiger partial charge in [0.25, 0.3) is 0 Å². The predicted molar refractivity (Wildman–Crippen MR) is 115 cm³/mol. The molecule has 0 aliphatic heterocycles. The number of hydrogen-bond acceptors (Lipinski definition) is 3. The number of fused-ring (bicyclic) bond motifs is 3. The summed E-state index contributed by atoms with van der Waals surface area (Å²) in [5.41, 5.74) is 2.66. The van der Waals surface area contributed by atoms with Crippen LogP contribution in [0.1, 0.15) is 16.7 Å². The third-order valence-corrected chi connectivity index (χ3v) is 5.65. The third kappa shape index (κ3) is 2.90. The van der Waals surface area contributed by atoms with E-state index in [2.05, 4.69) is 34.2 Å². The first-order valence-electron chi connectivity index (χ1n) is 10.7. The van der Waals surface area contributed by atoms with Gasteiger partial charge in [0, 0.05) is 37.0 Å². The van der Waals surface area contributed by atoms with Gasteiger partial charge in [0.2, 0.25) is 0 Å². The Labute approximate surface area is 167 Å². The molecular formula is C24H18N2S. The summed E-state index contributed by atoms with van der Waals surface area (Å²) in [5.74, 6) is 0.519. The molecule has 0 N–H and O–H groups in total. The molecule has 5 rings (SSSR count). The van der Waals surface area contributed by atoms with Crippen molar-refractivity contribution in [2.24, 2.45) is 0 Å². The van der Waals surface area contributed by atoms with Gasteiger partial charge in [-0.2, -0.15) is 0 Å². The molecule has 2 heterocycles. The topological polar surface area (TPSA) is 25.8 Å². The van der Waals surface area contributed by atoms with Crippen LogP contribution in [0.3, 0.4) is 0 Å². The molecule has 0 aliphatic rings. The third-order valence-electron chi connectivity index (χ3n) is 4.50. The molecule has 0 spiro atoms. The molecule has 0 radical (unpaired) electrons. The Bertz CT molecular complexity index is 1480. The van der Waals surface area contributed by atoms with Crippen LogP contribution in [0.2, 0.25) is 0 Å². The average molecular weight is 371 g/mol. The normalized spacial score (nSPS) is 13.4. The SMILES string of the molecule is [2H]c1c([2H])c(C)c([2H])c(-c2cc(C)nc(-c3ccc4sc5ccccc5c4c3)n2)c1[2H]. The zero-order valence-electron chi connectivity index (χ0n) is 18.9. The Hall–Kier alpha value is -3.04. The van der Waals surface area contributed by atoms with Gasteiger partial charge in [0.15, 0.2) is 5.82 Å². The van der Waals surface area contributed by atoms with E-state index in [0.29, 0.717) is 22.8 Å². The van der Waals surface area contributed by atoms with Gasteiger partial charge < -0.3 is 0 Å². The van der Waals surface area contributed by atoms with Crippen molar-refractivity contribution in [3.8, 4) is 22.6 Å². The molecule has 0 aliphatic carbocycles. The highest BCUT2D eigenvalue weighted by Gasteiger charge is 2.10. The first-order valence-corrected chi connectivity index (χ1v) is 9.51. The maximum absolute atomic E-state index is 8.45. The van der Waals surface area contributed by atoms with E-state index in [1.807, 2.05) is 25.1 Å². The van der Waals surface area contributed by atoms with E-state index in [0.717, 1.165) is 10.9 Å². The van der Waals surface area contributed by atoms with Crippen LogP contribution in [0.5, 0.6) is 0 Å². The minimum absolute atomic E-state index is 0.0642. The second-order valence-electron chi connectivity index (χ2n) is 6.53. The molecule has 3 heteroatoms. The number of aryl methyl sites for hydroxylation is 1. The van der Waals surface area contributed by atoms with E-state index in [4.69, 9.17) is 5.48 Å². The maximum Gasteiger partial charge on any atom is 0.160 e. The van der Waals surface area contributed by atoms with Crippen molar-refractivity contribution in [1.29, 1.82) is 0 Å². The number of aromatic nitrogens is 2. The summed E-state index contributed by atoms with van der Waals surface area (Å²) < 4.78 is 35.3. The smallest absolute Gasteiger partial charge is 0.160 e. The second-order valence-corrected chi connectivity index (χ2v) is 7.61. The highest BCUT2D eigenvalue weighted by molar-refractivity contribution is 7.25. The summed E-state index contributed by atoms with van der Waals surface area (Å²) in [6.07, 6.45) is 0. The summed E-state index contributed by atoms with van der Waals surface area (Å²) in [6.45, 7) is 3.49. The molecule has 130 valence electrons. The van der Waals surface area contributed by atoms with E-state index >= 15 is 0 Å². The molecule has 3 aromatic carbocycles. The molecule has 0 atom stereocenters. The van der Waals surface area contributed by atoms with E-state index in [1.54, 1.807) is 24.3 Å². The van der Waals surface area contributed by atoms with Crippen molar-refractivity contribution in [3.63, 3.8) is 0 Å². The maximum atomic E-state index is 8.45. The summed E-state index contributed by atoms with van der Waals surface area (Å²) in [7, 11) is 0. The average Bonchev–Trinajstić information content (AvgIpc) is 3.14. The summed E-state index contributed by atoms with van der Waals surface area (Å²) >= 11 is 1.75. The molecule has 0 saturated heterocycles. The van der Waals surface area contributed by atoms with Gasteiger partial charge in [0.1, 0.15) is 0 Å². The van der Waals surface area contributed by atoms with Crippen molar-refractivity contribution >= 4 is 31.5 Å². The van der Waals surface area contributed by atoms with Crippen molar-refractivity contribution in [1.82, 2.24) is 9.97 Å². The Morgan fingerprint density at radius 3 is 2.63 bits per heavy atom. The molecule has 0 saturated carbocycles. The largest absolute Gasteiger partial charge is 0.233 e. The Balaban J connectivity index is 1.73. The van der Waals surface area contributed by atoms with Crippen LogP contribution in [0.25, 0.3) is 42.8 Å². The molecule has 5 aromatic rings. The van der Waals surface area contributed by atoms with Crippen LogP contribution in [0.4, 0.5) is 0 Å². The molecule has 27 heavy (non-hydrogen) atoms. The van der Waals surface area contributed by atoms with Crippen LogP contribution in [0.15, 0.2) is 72.7 Å². The van der Waals surface area contributed by atoms with Gasteiger partial charge in [-0.05, 0) is 50.2 Å². The first-order chi connectivity index (χ1) is 14.8. The van der Waals surface area contributed by atoms with Crippen molar-refractivity contribution < 1.29 is 5.48 Å². The van der Waals surface area contributed by atoms with Crippen LogP contribution in [-0.2, 0) is 0 Å². The number of nitrogens with zero attached hydrogens (tertiary/aromatic N) is 2. The summed E-state index contributed by atoms with van der Waals surface area (Å²) in [4.78, 5) is 9.30. The molecule has 2 nitrogen and oxygen atoms in total. The minimum atomic E-state index is -0.188. The lowest BCUT2D eigenvalue weighted by Crippen LogP contribution is -1.95. The summed E-state index contributed by atoms with van der Waals surface area (Å²) in [5, 5.41) is 2.34. The van der Waals surface area contributed by atoms with Gasteiger partial charge in [-0.25, -0.2) is 9.97 Å². The first kappa shape index (κ1) is 12.4. The van der Waals surface area contributed by atoms with Crippen molar-refractivity contribution in [3.05, 3.63) is 84.0 Å². The predicted octanol–water partition coefficient (Wildman–Crippen LogP) is 6.80. The fourth-order valence-electron chi connectivity index (χ4n) is 3.26. The van der Waals surface area contributed by atoms with E-state index in [1.165, 1.54) is 14.8 Å². The van der Waals surface area contributed by atoms with Crippen LogP contribution in [0, 0.1) is 13.8 Å². The monoisotopic (exact) mass is 370 g/mol. The number of benzene rings is 3. The fraction of sp³-hybridized carbons (Fsp3) is 0.0833. The van der Waals surface area contributed by atoms with Crippen molar-refractivity contribution in [2.75, 3.05) is 0 Å². The lowest BCUT2D eigenvalue weighted by atomic mass is 10.1. The minimum Gasteiger partial charge on any atom is -0.233 e. The molecule has 0 unspecified atom stereocenters. The Morgan fingerprint density at radius 1 is 0.852 bits per heavy atom. The summed E-state index contributed by atoms with van der Waals surface area (Å²) in [6, 6.07) is 15.8. The molecule has 2 aromatic heterocycles. The quantitative estimate of drug-likeness (QED) is 0.342. The lowest BCUT2D eigenvalue weighted by molar-refractivity contribution is 1.12. The number of thiophene rings is 1. The van der Waals surface area contributed by atoms with Crippen LogP contribution >= 0.6 is 11.3 Å². The zero-order valence-corrected chi connectivity index (χ0v) is 15.7. The fourth-order valence-corrected chi connectivity index (χ4v) is 4.34. The van der Waals surface area contributed by atoms with Gasteiger partial charge in [0.05, 0.1) is 11.2 Å². The zero-order chi connectivity index (χ0) is 21.9. The molecule has 0 fully saturated rings. The Kier molecular flexibility index (Phi) is 2.88. The lowest BCUT2D eigenvalue weighted by Gasteiger charge is -2.07.